The summed E-state index contributed by atoms with van der Waals surface area (Å²) in [6, 6.07) is 6.02. The fourth-order valence-electron chi connectivity index (χ4n) is 2.22. The van der Waals surface area contributed by atoms with Gasteiger partial charge in [0, 0.05) is 18.3 Å². The topological polar surface area (TPSA) is 87.3 Å². The summed E-state index contributed by atoms with van der Waals surface area (Å²) in [6.07, 6.45) is 1.72. The van der Waals surface area contributed by atoms with E-state index in [-0.39, 0.29) is 22.9 Å². The molecule has 1 aliphatic heterocycles. The predicted molar refractivity (Wildman–Crippen MR) is 81.6 cm³/mol. The van der Waals surface area contributed by atoms with Gasteiger partial charge >= 0.3 is 0 Å². The molecular weight excluding hydrogens is 290 g/mol. The van der Waals surface area contributed by atoms with Gasteiger partial charge in [-0.15, -0.1) is 0 Å². The largest absolute Gasteiger partial charge is 0.374 e. The minimum absolute atomic E-state index is 0.0144. The highest BCUT2D eigenvalue weighted by Crippen LogP contribution is 2.17. The van der Waals surface area contributed by atoms with Crippen molar-refractivity contribution in [1.82, 2.24) is 10.0 Å². The van der Waals surface area contributed by atoms with Gasteiger partial charge in [0.15, 0.2) is 0 Å². The number of anilines is 1. The van der Waals surface area contributed by atoms with Crippen molar-refractivity contribution in [2.45, 2.75) is 43.7 Å². The van der Waals surface area contributed by atoms with Crippen LogP contribution in [0, 0.1) is 0 Å². The number of piperidine rings is 1. The lowest BCUT2D eigenvalue weighted by Crippen LogP contribution is -2.44. The maximum absolute atomic E-state index is 12.0. The number of amides is 1. The molecule has 0 saturated carbocycles. The zero-order valence-electron chi connectivity index (χ0n) is 12.2. The van der Waals surface area contributed by atoms with Gasteiger partial charge in [-0.25, -0.2) is 13.1 Å². The molecule has 1 heterocycles. The van der Waals surface area contributed by atoms with Crippen molar-refractivity contribution in [2.24, 2.45) is 0 Å². The van der Waals surface area contributed by atoms with Crippen LogP contribution in [0.3, 0.4) is 0 Å². The molecule has 1 aromatic carbocycles. The number of sulfonamides is 1. The second-order valence-electron chi connectivity index (χ2n) is 5.43. The molecule has 3 N–H and O–H groups in total. The molecule has 21 heavy (non-hydrogen) atoms. The summed E-state index contributed by atoms with van der Waals surface area (Å²) in [5.74, 6) is -0.0144. The molecule has 116 valence electrons. The molecule has 1 amide bonds. The summed E-state index contributed by atoms with van der Waals surface area (Å²) < 4.78 is 26.5. The van der Waals surface area contributed by atoms with E-state index >= 15 is 0 Å². The molecule has 1 saturated heterocycles. The van der Waals surface area contributed by atoms with Gasteiger partial charge in [0.2, 0.25) is 15.9 Å². The van der Waals surface area contributed by atoms with Crippen molar-refractivity contribution >= 4 is 21.6 Å². The molecule has 0 bridgehead atoms. The van der Waals surface area contributed by atoms with Crippen LogP contribution in [0.4, 0.5) is 5.69 Å². The Balaban J connectivity index is 2.07. The van der Waals surface area contributed by atoms with Crippen LogP contribution in [0.25, 0.3) is 0 Å². The third-order valence-electron chi connectivity index (χ3n) is 3.18. The minimum atomic E-state index is -3.48. The minimum Gasteiger partial charge on any atom is -0.374 e. The van der Waals surface area contributed by atoms with Crippen molar-refractivity contribution in [3.63, 3.8) is 0 Å². The smallest absolute Gasteiger partial charge is 0.242 e. The summed E-state index contributed by atoms with van der Waals surface area (Å²) in [6.45, 7) is 4.26. The Kier molecular flexibility index (Phi) is 4.84. The first-order valence-electron chi connectivity index (χ1n) is 7.05. The van der Waals surface area contributed by atoms with Crippen LogP contribution in [0.2, 0.25) is 0 Å². The van der Waals surface area contributed by atoms with Gasteiger partial charge in [-0.3, -0.25) is 4.79 Å². The van der Waals surface area contributed by atoms with Crippen molar-refractivity contribution < 1.29 is 13.2 Å². The van der Waals surface area contributed by atoms with E-state index in [4.69, 9.17) is 0 Å². The SMILES string of the molecule is CC(C)NS(=O)(=O)c1ccc(NC2CCCNC2=O)cc1. The third-order valence-corrected chi connectivity index (χ3v) is 4.86. The average Bonchev–Trinajstić information content (AvgIpc) is 2.40. The molecule has 1 fully saturated rings. The lowest BCUT2D eigenvalue weighted by molar-refractivity contribution is -0.123. The molecule has 1 atom stereocenters. The van der Waals surface area contributed by atoms with Crippen LogP contribution in [-0.2, 0) is 14.8 Å². The van der Waals surface area contributed by atoms with Crippen LogP contribution in [0.15, 0.2) is 29.2 Å². The normalized spacial score (nSPS) is 19.4. The Morgan fingerprint density at radius 1 is 1.24 bits per heavy atom. The van der Waals surface area contributed by atoms with E-state index in [2.05, 4.69) is 15.4 Å². The molecule has 7 heteroatoms. The monoisotopic (exact) mass is 311 g/mol. The number of hydrogen-bond acceptors (Lipinski definition) is 4. The van der Waals surface area contributed by atoms with Crippen molar-refractivity contribution in [2.75, 3.05) is 11.9 Å². The second kappa shape index (κ2) is 6.44. The summed E-state index contributed by atoms with van der Waals surface area (Å²) in [5.41, 5.74) is 0.737. The van der Waals surface area contributed by atoms with Gasteiger partial charge in [0.1, 0.15) is 6.04 Å². The van der Waals surface area contributed by atoms with Crippen molar-refractivity contribution in [3.8, 4) is 0 Å². The first-order chi connectivity index (χ1) is 9.88. The first-order valence-corrected chi connectivity index (χ1v) is 8.53. The molecule has 6 nitrogen and oxygen atoms in total. The lowest BCUT2D eigenvalue weighted by atomic mass is 10.1. The molecule has 1 unspecified atom stereocenters. The summed E-state index contributed by atoms with van der Waals surface area (Å²) in [5, 5.41) is 5.93. The highest BCUT2D eigenvalue weighted by Gasteiger charge is 2.21. The Bertz CT molecular complexity index is 596. The highest BCUT2D eigenvalue weighted by molar-refractivity contribution is 7.89. The molecule has 2 rings (SSSR count). The van der Waals surface area contributed by atoms with Gasteiger partial charge in [0.05, 0.1) is 4.90 Å². The van der Waals surface area contributed by atoms with E-state index < -0.39 is 10.0 Å². The summed E-state index contributed by atoms with van der Waals surface area (Å²) >= 11 is 0. The maximum atomic E-state index is 12.0. The fourth-order valence-corrected chi connectivity index (χ4v) is 3.47. The highest BCUT2D eigenvalue weighted by atomic mass is 32.2. The molecule has 0 aliphatic carbocycles. The molecule has 0 radical (unpaired) electrons. The zero-order chi connectivity index (χ0) is 15.5. The number of carbonyl (C=O) groups is 1. The molecule has 1 aromatic rings. The number of hydrogen-bond donors (Lipinski definition) is 3. The van der Waals surface area contributed by atoms with E-state index in [9.17, 15) is 13.2 Å². The summed E-state index contributed by atoms with van der Waals surface area (Å²) in [4.78, 5) is 11.9. The Morgan fingerprint density at radius 3 is 2.48 bits per heavy atom. The van der Waals surface area contributed by atoms with E-state index in [1.807, 2.05) is 0 Å². The van der Waals surface area contributed by atoms with E-state index in [0.717, 1.165) is 25.1 Å². The van der Waals surface area contributed by atoms with Crippen LogP contribution in [0.5, 0.6) is 0 Å². The van der Waals surface area contributed by atoms with Crippen molar-refractivity contribution in [1.29, 1.82) is 0 Å². The Hall–Kier alpha value is -1.60. The molecule has 0 aromatic heterocycles. The standard InChI is InChI=1S/C14H21N3O3S/c1-10(2)17-21(19,20)12-7-5-11(6-8-12)16-13-4-3-9-15-14(13)18/h5-8,10,13,16-17H,3-4,9H2,1-2H3,(H,15,18). The van der Waals surface area contributed by atoms with Crippen LogP contribution >= 0.6 is 0 Å². The number of benzene rings is 1. The van der Waals surface area contributed by atoms with Gasteiger partial charge in [-0.05, 0) is 51.0 Å². The predicted octanol–water partition coefficient (Wildman–Crippen LogP) is 1.06. The Labute approximate surface area is 125 Å². The third kappa shape index (κ3) is 4.18. The lowest BCUT2D eigenvalue weighted by Gasteiger charge is -2.23. The van der Waals surface area contributed by atoms with Crippen LogP contribution in [0.1, 0.15) is 26.7 Å². The van der Waals surface area contributed by atoms with Gasteiger partial charge in [-0.1, -0.05) is 0 Å². The molecule has 1 aliphatic rings. The van der Waals surface area contributed by atoms with Crippen LogP contribution in [-0.4, -0.2) is 33.0 Å². The average molecular weight is 311 g/mol. The van der Waals surface area contributed by atoms with Crippen LogP contribution < -0.4 is 15.4 Å². The maximum Gasteiger partial charge on any atom is 0.242 e. The summed E-state index contributed by atoms with van der Waals surface area (Å²) in [7, 11) is -3.48. The van der Waals surface area contributed by atoms with Gasteiger partial charge in [-0.2, -0.15) is 0 Å². The quantitative estimate of drug-likeness (QED) is 0.759. The van der Waals surface area contributed by atoms with Gasteiger partial charge in [0.25, 0.3) is 0 Å². The molecule has 0 spiro atoms. The number of carbonyl (C=O) groups excluding carboxylic acids is 1. The van der Waals surface area contributed by atoms with Crippen molar-refractivity contribution in [3.05, 3.63) is 24.3 Å². The molecular formula is C14H21N3O3S. The van der Waals surface area contributed by atoms with E-state index in [0.29, 0.717) is 0 Å². The van der Waals surface area contributed by atoms with E-state index in [1.165, 1.54) is 12.1 Å². The van der Waals surface area contributed by atoms with Gasteiger partial charge < -0.3 is 10.6 Å². The second-order valence-corrected chi connectivity index (χ2v) is 7.14. The first kappa shape index (κ1) is 15.8. The fraction of sp³-hybridized carbons (Fsp3) is 0.500. The van der Waals surface area contributed by atoms with E-state index in [1.54, 1.807) is 26.0 Å². The zero-order valence-corrected chi connectivity index (χ0v) is 13.0. The Morgan fingerprint density at radius 2 is 1.90 bits per heavy atom. The number of rotatable bonds is 5. The number of nitrogens with one attached hydrogen (secondary N) is 3.